The quantitative estimate of drug-likeness (QED) is 0.514. The molecule has 0 saturated heterocycles. The molecule has 3 rings (SSSR count). The fraction of sp³-hybridized carbons (Fsp3) is 0. The van der Waals surface area contributed by atoms with E-state index in [0.29, 0.717) is 0 Å². The van der Waals surface area contributed by atoms with E-state index in [0.717, 1.165) is 16.3 Å². The molecule has 1 aromatic carbocycles. The van der Waals surface area contributed by atoms with Gasteiger partial charge in [0.15, 0.2) is 0 Å². The van der Waals surface area contributed by atoms with Gasteiger partial charge in [-0.15, -0.1) is 0 Å². The lowest BCUT2D eigenvalue weighted by atomic mass is 10.2. The third kappa shape index (κ3) is 1.21. The second-order valence-electron chi connectivity index (χ2n) is 3.44. The van der Waals surface area contributed by atoms with Crippen LogP contribution < -0.4 is 5.56 Å². The fourth-order valence-electron chi connectivity index (χ4n) is 1.73. The Morgan fingerprint density at radius 2 is 1.87 bits per heavy atom. The first kappa shape index (κ1) is 8.17. The highest BCUT2D eigenvalue weighted by Gasteiger charge is 1.98. The van der Waals surface area contributed by atoms with Crippen LogP contribution in [0.15, 0.2) is 53.7 Å². The van der Waals surface area contributed by atoms with Crippen LogP contribution in [0.5, 0.6) is 0 Å². The Kier molecular flexibility index (Phi) is 1.59. The first-order chi connectivity index (χ1) is 7.34. The lowest BCUT2D eigenvalue weighted by Crippen LogP contribution is -2.12. The molecule has 0 bridgehead atoms. The lowest BCUT2D eigenvalue weighted by Gasteiger charge is -2.02. The van der Waals surface area contributed by atoms with Crippen molar-refractivity contribution in [1.29, 1.82) is 0 Å². The van der Waals surface area contributed by atoms with Gasteiger partial charge < -0.3 is 0 Å². The third-order valence-corrected chi connectivity index (χ3v) is 2.47. The van der Waals surface area contributed by atoms with Crippen molar-refractivity contribution in [2.75, 3.05) is 0 Å². The van der Waals surface area contributed by atoms with Crippen LogP contribution >= 0.6 is 0 Å². The van der Waals surface area contributed by atoms with Crippen LogP contribution in [-0.2, 0) is 0 Å². The van der Waals surface area contributed by atoms with Gasteiger partial charge in [-0.3, -0.25) is 14.2 Å². The van der Waals surface area contributed by atoms with Crippen molar-refractivity contribution in [3.63, 3.8) is 0 Å². The van der Waals surface area contributed by atoms with E-state index >= 15 is 0 Å². The molecule has 0 fully saturated rings. The molecule has 0 radical (unpaired) electrons. The van der Waals surface area contributed by atoms with Crippen LogP contribution in [-0.4, -0.2) is 9.38 Å². The highest BCUT2D eigenvalue weighted by atomic mass is 16.1. The number of aromatic nitrogens is 2. The Labute approximate surface area is 85.6 Å². The van der Waals surface area contributed by atoms with Crippen LogP contribution in [0.1, 0.15) is 0 Å². The summed E-state index contributed by atoms with van der Waals surface area (Å²) in [6.07, 6.45) is 4.85. The van der Waals surface area contributed by atoms with Gasteiger partial charge in [-0.05, 0) is 16.8 Å². The van der Waals surface area contributed by atoms with Gasteiger partial charge >= 0.3 is 0 Å². The molecule has 3 heteroatoms. The first-order valence-electron chi connectivity index (χ1n) is 4.70. The van der Waals surface area contributed by atoms with Gasteiger partial charge in [0, 0.05) is 6.20 Å². The van der Waals surface area contributed by atoms with Crippen molar-refractivity contribution in [1.82, 2.24) is 9.38 Å². The second kappa shape index (κ2) is 2.92. The van der Waals surface area contributed by atoms with Crippen molar-refractivity contribution in [3.05, 3.63) is 59.3 Å². The minimum atomic E-state index is -0.0988. The van der Waals surface area contributed by atoms with Gasteiger partial charge in [0.25, 0.3) is 5.56 Å². The first-order valence-corrected chi connectivity index (χ1v) is 4.70. The molecule has 0 N–H and O–H groups in total. The fourth-order valence-corrected chi connectivity index (χ4v) is 1.73. The van der Waals surface area contributed by atoms with Crippen molar-refractivity contribution in [3.8, 4) is 0 Å². The van der Waals surface area contributed by atoms with Crippen molar-refractivity contribution >= 4 is 16.3 Å². The van der Waals surface area contributed by atoms with Crippen LogP contribution in [0.2, 0.25) is 0 Å². The summed E-state index contributed by atoms with van der Waals surface area (Å²) in [6, 6.07) is 9.91. The minimum absolute atomic E-state index is 0.0988. The largest absolute Gasteiger partial charge is 0.281 e. The molecule has 3 aromatic rings. The number of fused-ring (bicyclic) bond motifs is 2. The molecule has 0 aliphatic heterocycles. The summed E-state index contributed by atoms with van der Waals surface area (Å²) in [6.45, 7) is 0. The van der Waals surface area contributed by atoms with Gasteiger partial charge in [-0.2, -0.15) is 0 Å². The zero-order valence-corrected chi connectivity index (χ0v) is 7.92. The molecular weight excluding hydrogens is 188 g/mol. The van der Waals surface area contributed by atoms with Crippen LogP contribution in [0.3, 0.4) is 0 Å². The molecule has 0 saturated carbocycles. The topological polar surface area (TPSA) is 34.4 Å². The van der Waals surface area contributed by atoms with Crippen LogP contribution in [0.4, 0.5) is 0 Å². The van der Waals surface area contributed by atoms with Gasteiger partial charge in [0.1, 0.15) is 0 Å². The van der Waals surface area contributed by atoms with Crippen LogP contribution in [0.25, 0.3) is 16.3 Å². The van der Waals surface area contributed by atoms with E-state index in [-0.39, 0.29) is 5.56 Å². The Morgan fingerprint density at radius 1 is 1.07 bits per heavy atom. The van der Waals surface area contributed by atoms with E-state index in [9.17, 15) is 4.79 Å². The number of pyridine rings is 1. The van der Waals surface area contributed by atoms with Crippen molar-refractivity contribution in [2.24, 2.45) is 0 Å². The summed E-state index contributed by atoms with van der Waals surface area (Å²) in [4.78, 5) is 15.4. The van der Waals surface area contributed by atoms with Crippen molar-refractivity contribution in [2.45, 2.75) is 0 Å². The minimum Gasteiger partial charge on any atom is -0.281 e. The van der Waals surface area contributed by atoms with E-state index in [1.807, 2.05) is 36.5 Å². The molecule has 0 amide bonds. The summed E-state index contributed by atoms with van der Waals surface area (Å²) in [7, 11) is 0. The Morgan fingerprint density at radius 3 is 2.73 bits per heavy atom. The lowest BCUT2D eigenvalue weighted by molar-refractivity contribution is 1.06. The molecule has 0 aliphatic carbocycles. The van der Waals surface area contributed by atoms with Crippen molar-refractivity contribution < 1.29 is 0 Å². The Balaban J connectivity index is 2.59. The zero-order valence-electron chi connectivity index (χ0n) is 7.92. The SMILES string of the molecule is O=c1cncc2cc3ccccc3cn12. The summed E-state index contributed by atoms with van der Waals surface area (Å²) in [5.41, 5.74) is 0.722. The maximum atomic E-state index is 11.5. The highest BCUT2D eigenvalue weighted by Crippen LogP contribution is 2.14. The smallest absolute Gasteiger partial charge is 0.273 e. The normalized spacial score (nSPS) is 10.9. The average Bonchev–Trinajstić information content (AvgIpc) is 2.27. The third-order valence-electron chi connectivity index (χ3n) is 2.47. The predicted molar refractivity (Wildman–Crippen MR) is 59.0 cm³/mol. The van der Waals surface area contributed by atoms with Crippen LogP contribution in [0, 0.1) is 0 Å². The molecule has 0 unspecified atom stereocenters. The maximum Gasteiger partial charge on any atom is 0.273 e. The van der Waals surface area contributed by atoms with E-state index in [1.54, 1.807) is 10.6 Å². The molecule has 0 spiro atoms. The average molecular weight is 196 g/mol. The monoisotopic (exact) mass is 196 g/mol. The molecule has 2 aromatic heterocycles. The second-order valence-corrected chi connectivity index (χ2v) is 3.44. The molecule has 2 heterocycles. The Hall–Kier alpha value is -2.16. The van der Waals surface area contributed by atoms with E-state index in [4.69, 9.17) is 0 Å². The number of benzene rings is 1. The molecule has 3 nitrogen and oxygen atoms in total. The van der Waals surface area contributed by atoms with E-state index in [1.165, 1.54) is 6.20 Å². The standard InChI is InChI=1S/C12H8N2O/c15-12-7-13-6-11-5-9-3-1-2-4-10(9)8-14(11)12/h1-8H. The van der Waals surface area contributed by atoms with Gasteiger partial charge in [0.05, 0.1) is 17.9 Å². The summed E-state index contributed by atoms with van der Waals surface area (Å²) in [5, 5.41) is 2.17. The van der Waals surface area contributed by atoms with Gasteiger partial charge in [0.2, 0.25) is 0 Å². The van der Waals surface area contributed by atoms with Gasteiger partial charge in [-0.1, -0.05) is 24.3 Å². The molecule has 0 atom stereocenters. The highest BCUT2D eigenvalue weighted by molar-refractivity contribution is 5.85. The molecule has 15 heavy (non-hydrogen) atoms. The molecule has 0 aliphatic rings. The summed E-state index contributed by atoms with van der Waals surface area (Å²) < 4.78 is 1.61. The maximum absolute atomic E-state index is 11.5. The number of hydrogen-bond donors (Lipinski definition) is 0. The summed E-state index contributed by atoms with van der Waals surface area (Å²) in [5.74, 6) is 0. The number of hydrogen-bond acceptors (Lipinski definition) is 2. The molecular formula is C12H8N2O. The van der Waals surface area contributed by atoms with Gasteiger partial charge in [-0.25, -0.2) is 0 Å². The zero-order chi connectivity index (χ0) is 10.3. The molecule has 72 valence electrons. The predicted octanol–water partition coefficient (Wildman–Crippen LogP) is 1.85. The van der Waals surface area contributed by atoms with E-state index in [2.05, 4.69) is 4.98 Å². The number of nitrogens with zero attached hydrogens (tertiary/aromatic N) is 2. The summed E-state index contributed by atoms with van der Waals surface area (Å²) >= 11 is 0. The Bertz CT molecular complexity index is 700. The number of rotatable bonds is 0. The van der Waals surface area contributed by atoms with E-state index < -0.39 is 0 Å².